The van der Waals surface area contributed by atoms with Crippen LogP contribution in [0.2, 0.25) is 18.1 Å². The Kier molecular flexibility index (Phi) is 5.58. The summed E-state index contributed by atoms with van der Waals surface area (Å²) in [6.45, 7) is 14.4. The van der Waals surface area contributed by atoms with E-state index in [1.165, 1.54) is 12.5 Å². The zero-order valence-corrected chi connectivity index (χ0v) is 23.0. The molecule has 1 fully saturated rings. The van der Waals surface area contributed by atoms with Crippen molar-refractivity contribution < 1.29 is 12.8 Å². The van der Waals surface area contributed by atoms with E-state index in [1.807, 2.05) is 19.9 Å². The van der Waals surface area contributed by atoms with Gasteiger partial charge in [0.1, 0.15) is 10.8 Å². The van der Waals surface area contributed by atoms with Gasteiger partial charge in [0.15, 0.2) is 29.5 Å². The molecule has 3 heterocycles. The molecule has 0 saturated heterocycles. The normalized spacial score (nSPS) is 21.9. The van der Waals surface area contributed by atoms with Crippen molar-refractivity contribution in [2.24, 2.45) is 4.99 Å². The van der Waals surface area contributed by atoms with Crippen molar-refractivity contribution in [3.8, 4) is 5.82 Å². The van der Waals surface area contributed by atoms with E-state index in [0.717, 1.165) is 0 Å². The van der Waals surface area contributed by atoms with E-state index >= 15 is 0 Å². The van der Waals surface area contributed by atoms with Crippen LogP contribution in [0, 0.1) is 0 Å². The molecule has 0 aromatic carbocycles. The first kappa shape index (κ1) is 24.9. The highest BCUT2D eigenvalue weighted by atomic mass is 32.2. The second-order valence-electron chi connectivity index (χ2n) is 11.2. The molecule has 1 N–H and O–H groups in total. The molecule has 9 nitrogen and oxygen atoms in total. The van der Waals surface area contributed by atoms with Crippen molar-refractivity contribution in [3.63, 3.8) is 0 Å². The van der Waals surface area contributed by atoms with Gasteiger partial charge < -0.3 is 9.74 Å². The van der Waals surface area contributed by atoms with Gasteiger partial charge in [-0.3, -0.25) is 4.79 Å². The maximum atomic E-state index is 13.5. The molecule has 186 valence electrons. The van der Waals surface area contributed by atoms with Crippen LogP contribution >= 0.6 is 0 Å². The number of fused-ring (bicyclic) bond motifs is 1. The summed E-state index contributed by atoms with van der Waals surface area (Å²) in [6.07, 6.45) is 5.43. The fraction of sp³-hybridized carbons (Fsp3) is 0.609. The van der Waals surface area contributed by atoms with Crippen molar-refractivity contribution in [2.75, 3.05) is 6.26 Å². The SMILES string of the molecule is CC(C)n1c(=O)c2c(n1-c1ccccn1)=NC(C1(O[Si](C)(C)C(C)(C)C)CC1)(S(C)(=O)=O)NC=2. The fourth-order valence-corrected chi connectivity index (χ4v) is 7.46. The Morgan fingerprint density at radius 2 is 1.85 bits per heavy atom. The van der Waals surface area contributed by atoms with Gasteiger partial charge in [-0.15, -0.1) is 0 Å². The Labute approximate surface area is 201 Å². The molecule has 1 unspecified atom stereocenters. The molecule has 1 atom stereocenters. The standard InChI is InChI=1S/C23H35N5O4SSi/c1-16(2)27-20(29)17-15-25-23(33(6,30)31,22(12-13-22)32-34(7,8)21(3,4)5)26-19(17)28(27)18-11-9-10-14-24-18/h9-11,14-16,25H,12-13H2,1-8H3. The third kappa shape index (κ3) is 3.59. The lowest BCUT2D eigenvalue weighted by Gasteiger charge is -2.45. The minimum atomic E-state index is -3.82. The number of nitrogens with zero attached hydrogens (tertiary/aromatic N) is 4. The number of hydrogen-bond acceptors (Lipinski definition) is 7. The van der Waals surface area contributed by atoms with Gasteiger partial charge in [-0.05, 0) is 57.0 Å². The lowest BCUT2D eigenvalue weighted by atomic mass is 10.2. The molecule has 0 bridgehead atoms. The van der Waals surface area contributed by atoms with E-state index in [2.05, 4.69) is 44.2 Å². The zero-order valence-electron chi connectivity index (χ0n) is 21.2. The molecule has 4 rings (SSSR count). The topological polar surface area (TPSA) is 108 Å². The first-order chi connectivity index (χ1) is 15.6. The minimum Gasteiger partial charge on any atom is -0.406 e. The van der Waals surface area contributed by atoms with Crippen molar-refractivity contribution in [2.45, 2.75) is 82.2 Å². The Balaban J connectivity index is 2.04. The number of aromatic nitrogens is 3. The van der Waals surface area contributed by atoms with Crippen molar-refractivity contribution in [1.29, 1.82) is 0 Å². The molecule has 2 aromatic heterocycles. The van der Waals surface area contributed by atoms with Crippen molar-refractivity contribution >= 4 is 24.4 Å². The Morgan fingerprint density at radius 3 is 2.32 bits per heavy atom. The summed E-state index contributed by atoms with van der Waals surface area (Å²) in [5.74, 6) is 0.492. The second-order valence-corrected chi connectivity index (χ2v) is 18.0. The predicted molar refractivity (Wildman–Crippen MR) is 134 cm³/mol. The van der Waals surface area contributed by atoms with Crippen molar-refractivity contribution in [1.82, 2.24) is 19.7 Å². The smallest absolute Gasteiger partial charge is 0.278 e. The van der Waals surface area contributed by atoms with Crippen LogP contribution in [-0.4, -0.2) is 47.9 Å². The number of rotatable bonds is 6. The zero-order chi connectivity index (χ0) is 25.3. The van der Waals surface area contributed by atoms with E-state index in [0.29, 0.717) is 23.9 Å². The number of pyridine rings is 1. The van der Waals surface area contributed by atoms with Gasteiger partial charge in [0.2, 0.25) is 0 Å². The molecule has 1 aliphatic carbocycles. The molecule has 34 heavy (non-hydrogen) atoms. The monoisotopic (exact) mass is 505 g/mol. The average molecular weight is 506 g/mol. The summed E-state index contributed by atoms with van der Waals surface area (Å²) in [7, 11) is -6.17. The lowest BCUT2D eigenvalue weighted by Crippen LogP contribution is -2.66. The molecule has 0 radical (unpaired) electrons. The number of hydrogen-bond donors (Lipinski definition) is 1. The maximum Gasteiger partial charge on any atom is 0.278 e. The van der Waals surface area contributed by atoms with E-state index < -0.39 is 28.8 Å². The van der Waals surface area contributed by atoms with Crippen LogP contribution in [0.4, 0.5) is 0 Å². The first-order valence-electron chi connectivity index (χ1n) is 11.6. The van der Waals surface area contributed by atoms with Crippen molar-refractivity contribution in [3.05, 3.63) is 45.5 Å². The highest BCUT2D eigenvalue weighted by molar-refractivity contribution is 7.92. The summed E-state index contributed by atoms with van der Waals surface area (Å²) < 4.78 is 36.9. The van der Waals surface area contributed by atoms with Crippen LogP contribution in [-0.2, 0) is 14.3 Å². The van der Waals surface area contributed by atoms with Gasteiger partial charge in [-0.1, -0.05) is 26.8 Å². The maximum absolute atomic E-state index is 13.5. The molecule has 1 saturated carbocycles. The number of sulfone groups is 1. The Bertz CT molecular complexity index is 1400. The molecule has 2 aromatic rings. The fourth-order valence-electron chi connectivity index (χ4n) is 4.30. The third-order valence-electron chi connectivity index (χ3n) is 7.24. The van der Waals surface area contributed by atoms with Crippen LogP contribution in [0.25, 0.3) is 12.0 Å². The van der Waals surface area contributed by atoms with Crippen LogP contribution < -0.4 is 21.6 Å². The van der Waals surface area contributed by atoms with Gasteiger partial charge in [0, 0.05) is 24.7 Å². The quantitative estimate of drug-likeness (QED) is 0.600. The van der Waals surface area contributed by atoms with Gasteiger partial charge >= 0.3 is 0 Å². The summed E-state index contributed by atoms with van der Waals surface area (Å²) in [6, 6.07) is 5.18. The largest absolute Gasteiger partial charge is 0.406 e. The molecule has 0 spiro atoms. The van der Waals surface area contributed by atoms with E-state index in [1.54, 1.807) is 27.7 Å². The summed E-state index contributed by atoms with van der Waals surface area (Å²) in [5.41, 5.74) is -1.00. The summed E-state index contributed by atoms with van der Waals surface area (Å²) in [4.78, 5) is 20.9. The highest BCUT2D eigenvalue weighted by Gasteiger charge is 2.69. The van der Waals surface area contributed by atoms with E-state index in [-0.39, 0.29) is 22.1 Å². The van der Waals surface area contributed by atoms with Crippen LogP contribution in [0.5, 0.6) is 0 Å². The molecule has 1 aliphatic heterocycles. The van der Waals surface area contributed by atoms with Crippen LogP contribution in [0.1, 0.15) is 53.5 Å². The summed E-state index contributed by atoms with van der Waals surface area (Å²) in [5, 5.41) is 3.25. The van der Waals surface area contributed by atoms with Crippen LogP contribution in [0.15, 0.2) is 34.2 Å². The molecular weight excluding hydrogens is 470 g/mol. The second kappa shape index (κ2) is 7.63. The minimum absolute atomic E-state index is 0.109. The Hall–Kier alpha value is -2.24. The van der Waals surface area contributed by atoms with Gasteiger partial charge in [0.25, 0.3) is 10.6 Å². The van der Waals surface area contributed by atoms with Gasteiger partial charge in [0.05, 0.1) is 0 Å². The summed E-state index contributed by atoms with van der Waals surface area (Å²) >= 11 is 0. The molecule has 0 amide bonds. The number of nitrogens with one attached hydrogen (secondary N) is 1. The third-order valence-corrected chi connectivity index (χ3v) is 13.4. The highest BCUT2D eigenvalue weighted by Crippen LogP contribution is 2.55. The van der Waals surface area contributed by atoms with Gasteiger partial charge in [-0.2, -0.15) is 0 Å². The average Bonchev–Trinajstić information content (AvgIpc) is 3.43. The van der Waals surface area contributed by atoms with E-state index in [9.17, 15) is 13.2 Å². The molecule has 2 aliphatic rings. The molecular formula is C23H35N5O4SSi. The predicted octanol–water partition coefficient (Wildman–Crippen LogP) is 1.83. The Morgan fingerprint density at radius 1 is 1.21 bits per heavy atom. The van der Waals surface area contributed by atoms with Gasteiger partial charge in [-0.25, -0.2) is 27.8 Å². The lowest BCUT2D eigenvalue weighted by molar-refractivity contribution is 0.0994. The molecule has 11 heteroatoms. The van der Waals surface area contributed by atoms with E-state index in [4.69, 9.17) is 9.42 Å². The first-order valence-corrected chi connectivity index (χ1v) is 16.4. The van der Waals surface area contributed by atoms with Crippen LogP contribution in [0.3, 0.4) is 0 Å².